The summed E-state index contributed by atoms with van der Waals surface area (Å²) in [6.45, 7) is 4.09. The lowest BCUT2D eigenvalue weighted by Crippen LogP contribution is -2.27. The fourth-order valence-corrected chi connectivity index (χ4v) is 5.28. The number of amides is 1. The minimum Gasteiger partial charge on any atom is -0.497 e. The molecule has 0 aliphatic carbocycles. The SMILES string of the molecule is COc1ccc(OC)c(NC(=O)CC2CSc3nc4c(cnn4-c4ccc(C)c(C)c4)c(=O)n32)c1. The number of hydrogen-bond donors (Lipinski definition) is 1. The Kier molecular flexibility index (Phi) is 5.98. The molecule has 9 nitrogen and oxygen atoms in total. The molecule has 1 amide bonds. The first-order valence-corrected chi connectivity index (χ1v) is 12.1. The van der Waals surface area contributed by atoms with Gasteiger partial charge >= 0.3 is 0 Å². The van der Waals surface area contributed by atoms with Gasteiger partial charge in [0.15, 0.2) is 10.8 Å². The van der Waals surface area contributed by atoms with Gasteiger partial charge in [-0.05, 0) is 49.2 Å². The van der Waals surface area contributed by atoms with Crippen molar-refractivity contribution in [1.82, 2.24) is 19.3 Å². The van der Waals surface area contributed by atoms with E-state index in [9.17, 15) is 9.59 Å². The summed E-state index contributed by atoms with van der Waals surface area (Å²) in [5.41, 5.74) is 4.01. The molecule has 0 saturated carbocycles. The Morgan fingerprint density at radius 1 is 1.14 bits per heavy atom. The highest BCUT2D eigenvalue weighted by Crippen LogP contribution is 2.34. The van der Waals surface area contributed by atoms with E-state index < -0.39 is 0 Å². The van der Waals surface area contributed by atoms with Crippen molar-refractivity contribution in [1.29, 1.82) is 0 Å². The second kappa shape index (κ2) is 9.10. The molecule has 0 saturated heterocycles. The average molecular weight is 492 g/mol. The fourth-order valence-electron chi connectivity index (χ4n) is 4.15. The molecule has 3 heterocycles. The first-order chi connectivity index (χ1) is 16.9. The van der Waals surface area contributed by atoms with Crippen LogP contribution in [0.15, 0.2) is 52.5 Å². The highest BCUT2D eigenvalue weighted by Gasteiger charge is 2.30. The molecule has 180 valence electrons. The van der Waals surface area contributed by atoms with Crippen LogP contribution in [0.25, 0.3) is 16.7 Å². The smallest absolute Gasteiger partial charge is 0.265 e. The van der Waals surface area contributed by atoms with Crippen LogP contribution in [0, 0.1) is 13.8 Å². The van der Waals surface area contributed by atoms with Crippen molar-refractivity contribution in [2.24, 2.45) is 0 Å². The number of nitrogens with one attached hydrogen (secondary N) is 1. The van der Waals surface area contributed by atoms with E-state index in [4.69, 9.17) is 14.5 Å². The predicted molar refractivity (Wildman–Crippen MR) is 135 cm³/mol. The van der Waals surface area contributed by atoms with Crippen molar-refractivity contribution in [3.05, 3.63) is 64.1 Å². The van der Waals surface area contributed by atoms with E-state index >= 15 is 0 Å². The second-order valence-electron chi connectivity index (χ2n) is 8.42. The lowest BCUT2D eigenvalue weighted by Gasteiger charge is -2.15. The van der Waals surface area contributed by atoms with Gasteiger partial charge in [-0.15, -0.1) is 0 Å². The van der Waals surface area contributed by atoms with Crippen LogP contribution in [-0.2, 0) is 4.79 Å². The number of thioether (sulfide) groups is 1. The summed E-state index contributed by atoms with van der Waals surface area (Å²) >= 11 is 1.47. The number of ether oxygens (including phenoxy) is 2. The molecule has 0 fully saturated rings. The number of nitrogens with zero attached hydrogens (tertiary/aromatic N) is 4. The number of benzene rings is 2. The summed E-state index contributed by atoms with van der Waals surface area (Å²) in [5.74, 6) is 1.48. The molecule has 2 aromatic carbocycles. The van der Waals surface area contributed by atoms with Crippen molar-refractivity contribution in [3.8, 4) is 17.2 Å². The molecule has 5 rings (SSSR count). The number of carbonyl (C=O) groups is 1. The molecule has 1 atom stereocenters. The van der Waals surface area contributed by atoms with E-state index in [-0.39, 0.29) is 23.9 Å². The Bertz CT molecular complexity index is 1510. The number of fused-ring (bicyclic) bond motifs is 2. The number of carbonyl (C=O) groups excluding carboxylic acids is 1. The Balaban J connectivity index is 1.43. The van der Waals surface area contributed by atoms with Gasteiger partial charge in [0.1, 0.15) is 16.9 Å². The van der Waals surface area contributed by atoms with Gasteiger partial charge in [-0.25, -0.2) is 9.67 Å². The fraction of sp³-hybridized carbons (Fsp3) is 0.280. The van der Waals surface area contributed by atoms with Gasteiger partial charge in [0, 0.05) is 18.2 Å². The zero-order valence-electron chi connectivity index (χ0n) is 19.9. The third kappa shape index (κ3) is 4.14. The molecule has 10 heteroatoms. The number of aromatic nitrogens is 4. The zero-order chi connectivity index (χ0) is 24.7. The van der Waals surface area contributed by atoms with Gasteiger partial charge in [-0.3, -0.25) is 14.2 Å². The quantitative estimate of drug-likeness (QED) is 0.409. The second-order valence-corrected chi connectivity index (χ2v) is 9.40. The van der Waals surface area contributed by atoms with Crippen LogP contribution in [0.4, 0.5) is 5.69 Å². The van der Waals surface area contributed by atoms with E-state index in [0.29, 0.717) is 39.1 Å². The van der Waals surface area contributed by atoms with Crippen LogP contribution in [0.5, 0.6) is 11.5 Å². The van der Waals surface area contributed by atoms with Crippen LogP contribution >= 0.6 is 11.8 Å². The minimum absolute atomic E-state index is 0.124. The summed E-state index contributed by atoms with van der Waals surface area (Å²) in [4.78, 5) is 31.1. The minimum atomic E-state index is -0.319. The number of anilines is 1. The van der Waals surface area contributed by atoms with E-state index in [2.05, 4.69) is 17.3 Å². The molecule has 1 N–H and O–H groups in total. The van der Waals surface area contributed by atoms with Crippen molar-refractivity contribution >= 4 is 34.4 Å². The number of hydrogen-bond acceptors (Lipinski definition) is 7. The van der Waals surface area contributed by atoms with E-state index in [1.165, 1.54) is 24.4 Å². The van der Waals surface area contributed by atoms with Crippen LogP contribution in [0.2, 0.25) is 0 Å². The molecular weight excluding hydrogens is 466 g/mol. The van der Waals surface area contributed by atoms with Crippen molar-refractivity contribution < 1.29 is 14.3 Å². The summed E-state index contributed by atoms with van der Waals surface area (Å²) in [5, 5.41) is 8.34. The van der Waals surface area contributed by atoms with E-state index in [1.54, 1.807) is 40.8 Å². The molecule has 1 aliphatic rings. The number of aryl methyl sites for hydroxylation is 2. The topological polar surface area (TPSA) is 100 Å². The molecule has 0 radical (unpaired) electrons. The Morgan fingerprint density at radius 3 is 2.71 bits per heavy atom. The molecule has 0 spiro atoms. The average Bonchev–Trinajstić information content (AvgIpc) is 3.45. The first-order valence-electron chi connectivity index (χ1n) is 11.1. The zero-order valence-corrected chi connectivity index (χ0v) is 20.7. The van der Waals surface area contributed by atoms with Gasteiger partial charge in [0.25, 0.3) is 5.56 Å². The first kappa shape index (κ1) is 23.0. The van der Waals surface area contributed by atoms with Crippen LogP contribution in [0.1, 0.15) is 23.6 Å². The van der Waals surface area contributed by atoms with Crippen LogP contribution < -0.4 is 20.3 Å². The summed E-state index contributed by atoms with van der Waals surface area (Å²) < 4.78 is 13.9. The number of rotatable bonds is 6. The monoisotopic (exact) mass is 491 g/mol. The summed E-state index contributed by atoms with van der Waals surface area (Å²) in [6.07, 6.45) is 1.67. The Hall–Kier alpha value is -3.79. The third-order valence-electron chi connectivity index (χ3n) is 6.21. The maximum Gasteiger partial charge on any atom is 0.265 e. The maximum atomic E-state index is 13.4. The van der Waals surface area contributed by atoms with Crippen molar-refractivity contribution in [3.63, 3.8) is 0 Å². The van der Waals surface area contributed by atoms with E-state index in [1.807, 2.05) is 25.1 Å². The summed E-state index contributed by atoms with van der Waals surface area (Å²) in [6, 6.07) is 10.9. The van der Waals surface area contributed by atoms with Crippen LogP contribution in [0.3, 0.4) is 0 Å². The van der Waals surface area contributed by atoms with E-state index in [0.717, 1.165) is 11.3 Å². The van der Waals surface area contributed by atoms with Gasteiger partial charge in [0.2, 0.25) is 5.91 Å². The molecule has 2 aromatic heterocycles. The molecule has 4 aromatic rings. The van der Waals surface area contributed by atoms with Gasteiger partial charge in [-0.1, -0.05) is 17.8 Å². The van der Waals surface area contributed by atoms with Crippen LogP contribution in [-0.4, -0.2) is 45.2 Å². The summed E-state index contributed by atoms with van der Waals surface area (Å²) in [7, 11) is 3.10. The highest BCUT2D eigenvalue weighted by molar-refractivity contribution is 7.99. The van der Waals surface area contributed by atoms with Crippen molar-refractivity contribution in [2.45, 2.75) is 31.5 Å². The third-order valence-corrected chi connectivity index (χ3v) is 7.31. The number of methoxy groups -OCH3 is 2. The van der Waals surface area contributed by atoms with Gasteiger partial charge < -0.3 is 14.8 Å². The molecule has 0 bridgehead atoms. The normalized spacial score (nSPS) is 14.7. The van der Waals surface area contributed by atoms with Gasteiger partial charge in [-0.2, -0.15) is 5.10 Å². The lowest BCUT2D eigenvalue weighted by molar-refractivity contribution is -0.116. The standard InChI is InChI=1S/C25H25N5O4S/c1-14-5-6-16(9-15(14)2)30-23-19(12-26-30)24(32)29-17(13-35-25(29)28-23)10-22(31)27-20-11-18(33-3)7-8-21(20)34-4/h5-9,11-12,17H,10,13H2,1-4H3,(H,27,31). The predicted octanol–water partition coefficient (Wildman–Crippen LogP) is 3.89. The Morgan fingerprint density at radius 2 is 1.97 bits per heavy atom. The largest absolute Gasteiger partial charge is 0.497 e. The molecule has 1 unspecified atom stereocenters. The lowest BCUT2D eigenvalue weighted by atomic mass is 10.1. The highest BCUT2D eigenvalue weighted by atomic mass is 32.2. The van der Waals surface area contributed by atoms with Crippen molar-refractivity contribution in [2.75, 3.05) is 25.3 Å². The Labute approximate surface area is 206 Å². The maximum absolute atomic E-state index is 13.4. The molecule has 1 aliphatic heterocycles. The molecule has 35 heavy (non-hydrogen) atoms. The van der Waals surface area contributed by atoms with Gasteiger partial charge in [0.05, 0.1) is 37.8 Å². The molecular formula is C25H25N5O4S.